The van der Waals surface area contributed by atoms with Crippen LogP contribution >= 0.6 is 28.1 Å². The molecule has 8 nitrogen and oxygen atoms in total. The summed E-state index contributed by atoms with van der Waals surface area (Å²) in [5, 5.41) is 5.50. The zero-order valence-corrected chi connectivity index (χ0v) is 23.5. The number of thiocarbonyl (C=S) groups is 1. The molecule has 1 heterocycles. The number of halogens is 1. The SMILES string of the molecule is O=C(CC1C(=O)NCCN1C(=S)NC(=O)c1cc(Br)ccc1OCCc1ccccc1)OCc1ccccc1. The van der Waals surface area contributed by atoms with Crippen LogP contribution in [0.3, 0.4) is 0 Å². The molecular formula is C29H28BrN3O5S. The van der Waals surface area contributed by atoms with Crippen molar-refractivity contribution >= 4 is 51.0 Å². The van der Waals surface area contributed by atoms with Gasteiger partial charge in [-0.3, -0.25) is 19.7 Å². The highest BCUT2D eigenvalue weighted by Crippen LogP contribution is 2.24. The number of benzene rings is 3. The van der Waals surface area contributed by atoms with Crippen LogP contribution in [-0.4, -0.2) is 53.5 Å². The minimum absolute atomic E-state index is 0.0471. The molecular weight excluding hydrogens is 582 g/mol. The minimum Gasteiger partial charge on any atom is -0.492 e. The molecule has 39 heavy (non-hydrogen) atoms. The molecule has 0 aliphatic carbocycles. The predicted molar refractivity (Wildman–Crippen MR) is 154 cm³/mol. The van der Waals surface area contributed by atoms with Crippen molar-refractivity contribution in [3.8, 4) is 5.75 Å². The van der Waals surface area contributed by atoms with E-state index in [0.29, 0.717) is 41.9 Å². The normalized spacial score (nSPS) is 14.7. The highest BCUT2D eigenvalue weighted by Gasteiger charge is 2.34. The average Bonchev–Trinajstić information content (AvgIpc) is 2.95. The summed E-state index contributed by atoms with van der Waals surface area (Å²) in [7, 11) is 0. The molecule has 0 spiro atoms. The van der Waals surface area contributed by atoms with Gasteiger partial charge in [-0.1, -0.05) is 76.6 Å². The van der Waals surface area contributed by atoms with Gasteiger partial charge in [0.15, 0.2) is 5.11 Å². The number of hydrogen-bond donors (Lipinski definition) is 2. The lowest BCUT2D eigenvalue weighted by molar-refractivity contribution is -0.148. The fourth-order valence-corrected chi connectivity index (χ4v) is 4.75. The van der Waals surface area contributed by atoms with Gasteiger partial charge in [0.2, 0.25) is 5.91 Å². The molecule has 10 heteroatoms. The van der Waals surface area contributed by atoms with Crippen LogP contribution in [0.4, 0.5) is 0 Å². The molecule has 4 rings (SSSR count). The second-order valence-corrected chi connectivity index (χ2v) is 10.1. The molecule has 202 valence electrons. The van der Waals surface area contributed by atoms with E-state index in [4.69, 9.17) is 21.7 Å². The van der Waals surface area contributed by atoms with E-state index in [2.05, 4.69) is 26.6 Å². The van der Waals surface area contributed by atoms with Gasteiger partial charge >= 0.3 is 5.97 Å². The average molecular weight is 611 g/mol. The van der Waals surface area contributed by atoms with E-state index in [1.54, 1.807) is 23.1 Å². The van der Waals surface area contributed by atoms with Gasteiger partial charge in [-0.2, -0.15) is 0 Å². The Morgan fingerprint density at radius 2 is 1.72 bits per heavy atom. The van der Waals surface area contributed by atoms with Crippen LogP contribution in [0.2, 0.25) is 0 Å². The van der Waals surface area contributed by atoms with Crippen LogP contribution in [0.1, 0.15) is 27.9 Å². The molecule has 3 aromatic rings. The molecule has 0 aromatic heterocycles. The maximum Gasteiger partial charge on any atom is 0.308 e. The maximum atomic E-state index is 13.3. The smallest absolute Gasteiger partial charge is 0.308 e. The summed E-state index contributed by atoms with van der Waals surface area (Å²) in [5.74, 6) is -0.970. The van der Waals surface area contributed by atoms with Crippen LogP contribution in [-0.2, 0) is 27.4 Å². The summed E-state index contributed by atoms with van der Waals surface area (Å²) in [6.45, 7) is 1.15. The lowest BCUT2D eigenvalue weighted by Gasteiger charge is -2.36. The molecule has 1 aliphatic rings. The number of piperazine rings is 1. The van der Waals surface area contributed by atoms with Crippen molar-refractivity contribution in [3.63, 3.8) is 0 Å². The zero-order valence-electron chi connectivity index (χ0n) is 21.1. The number of hydrogen-bond acceptors (Lipinski definition) is 6. The second kappa shape index (κ2) is 13.9. The van der Waals surface area contributed by atoms with Gasteiger partial charge in [-0.25, -0.2) is 0 Å². The Bertz CT molecular complexity index is 1320. The number of ether oxygens (including phenoxy) is 2. The summed E-state index contributed by atoms with van der Waals surface area (Å²) >= 11 is 8.92. The number of esters is 1. The van der Waals surface area contributed by atoms with Crippen molar-refractivity contribution in [1.82, 2.24) is 15.5 Å². The zero-order chi connectivity index (χ0) is 27.6. The molecule has 0 radical (unpaired) electrons. The van der Waals surface area contributed by atoms with E-state index < -0.39 is 17.9 Å². The van der Waals surface area contributed by atoms with Gasteiger partial charge in [0.25, 0.3) is 5.91 Å². The van der Waals surface area contributed by atoms with Gasteiger partial charge in [-0.15, -0.1) is 0 Å². The number of nitrogens with zero attached hydrogens (tertiary/aromatic N) is 1. The third kappa shape index (κ3) is 8.11. The first-order valence-corrected chi connectivity index (χ1v) is 13.7. The van der Waals surface area contributed by atoms with Gasteiger partial charge < -0.3 is 19.7 Å². The molecule has 2 N–H and O–H groups in total. The lowest BCUT2D eigenvalue weighted by atomic mass is 10.1. The fraction of sp³-hybridized carbons (Fsp3) is 0.241. The molecule has 0 bridgehead atoms. The van der Waals surface area contributed by atoms with E-state index in [1.165, 1.54) is 0 Å². The molecule has 2 amide bonds. The summed E-state index contributed by atoms with van der Waals surface area (Å²) < 4.78 is 12.0. The topological polar surface area (TPSA) is 97.0 Å². The number of nitrogens with one attached hydrogen (secondary N) is 2. The monoisotopic (exact) mass is 609 g/mol. The van der Waals surface area contributed by atoms with Crippen LogP contribution in [0.15, 0.2) is 83.3 Å². The van der Waals surface area contributed by atoms with Crippen LogP contribution in [0.5, 0.6) is 5.75 Å². The Hall–Kier alpha value is -3.76. The van der Waals surface area contributed by atoms with Crippen LogP contribution in [0, 0.1) is 0 Å². The Kier molecular flexibility index (Phi) is 10.0. The van der Waals surface area contributed by atoms with Crippen molar-refractivity contribution in [2.75, 3.05) is 19.7 Å². The van der Waals surface area contributed by atoms with Crippen molar-refractivity contribution in [1.29, 1.82) is 0 Å². The molecule has 1 aliphatic heterocycles. The summed E-state index contributed by atoms with van der Waals surface area (Å²) in [6, 6.07) is 23.4. The van der Waals surface area contributed by atoms with Gasteiger partial charge in [0.1, 0.15) is 18.4 Å². The second-order valence-electron chi connectivity index (χ2n) is 8.83. The largest absolute Gasteiger partial charge is 0.492 e. The van der Waals surface area contributed by atoms with Crippen LogP contribution < -0.4 is 15.4 Å². The quantitative estimate of drug-likeness (QED) is 0.279. The van der Waals surface area contributed by atoms with E-state index >= 15 is 0 Å². The number of amides is 2. The lowest BCUT2D eigenvalue weighted by Crippen LogP contribution is -2.60. The molecule has 1 atom stereocenters. The first kappa shape index (κ1) is 28.3. The Morgan fingerprint density at radius 3 is 2.44 bits per heavy atom. The van der Waals surface area contributed by atoms with E-state index in [9.17, 15) is 14.4 Å². The molecule has 1 saturated heterocycles. The fourth-order valence-electron chi connectivity index (χ4n) is 4.08. The number of rotatable bonds is 9. The van der Waals surface area contributed by atoms with Gasteiger partial charge in [0, 0.05) is 24.0 Å². The van der Waals surface area contributed by atoms with Crippen molar-refractivity contribution in [2.24, 2.45) is 0 Å². The Morgan fingerprint density at radius 1 is 1.03 bits per heavy atom. The van der Waals surface area contributed by atoms with Gasteiger partial charge in [0.05, 0.1) is 18.6 Å². The van der Waals surface area contributed by atoms with Crippen molar-refractivity contribution < 1.29 is 23.9 Å². The third-order valence-electron chi connectivity index (χ3n) is 6.09. The summed E-state index contributed by atoms with van der Waals surface area (Å²) in [6.07, 6.45) is 0.473. The maximum absolute atomic E-state index is 13.3. The highest BCUT2D eigenvalue weighted by molar-refractivity contribution is 9.10. The molecule has 1 unspecified atom stereocenters. The Balaban J connectivity index is 1.38. The van der Waals surface area contributed by atoms with E-state index in [-0.39, 0.29) is 24.0 Å². The number of carbonyl (C=O) groups is 3. The van der Waals surface area contributed by atoms with Crippen molar-refractivity contribution in [2.45, 2.75) is 25.5 Å². The molecule has 3 aromatic carbocycles. The molecule has 0 saturated carbocycles. The van der Waals surface area contributed by atoms with Gasteiger partial charge in [-0.05, 0) is 41.5 Å². The standard InChI is InChI=1S/C29H28BrN3O5S/c30-22-11-12-25(37-16-13-20-7-3-1-4-8-20)23(17-22)27(35)32-29(39)33-15-14-31-28(36)24(33)18-26(34)38-19-21-9-5-2-6-10-21/h1-12,17,24H,13-16,18-19H2,(H,31,36)(H,32,35,39). The minimum atomic E-state index is -0.904. The first-order valence-electron chi connectivity index (χ1n) is 12.5. The highest BCUT2D eigenvalue weighted by atomic mass is 79.9. The predicted octanol–water partition coefficient (Wildman–Crippen LogP) is 4.02. The summed E-state index contributed by atoms with van der Waals surface area (Å²) in [5.41, 5.74) is 2.26. The Labute approximate surface area is 240 Å². The van der Waals surface area contributed by atoms with E-state index in [0.717, 1.165) is 11.1 Å². The van der Waals surface area contributed by atoms with Crippen molar-refractivity contribution in [3.05, 3.63) is 100 Å². The third-order valence-corrected chi connectivity index (χ3v) is 6.92. The summed E-state index contributed by atoms with van der Waals surface area (Å²) in [4.78, 5) is 40.0. The first-order chi connectivity index (χ1) is 18.9. The number of carbonyl (C=O) groups excluding carboxylic acids is 3. The van der Waals surface area contributed by atoms with Crippen LogP contribution in [0.25, 0.3) is 0 Å². The molecule has 1 fully saturated rings. The van der Waals surface area contributed by atoms with E-state index in [1.807, 2.05) is 60.7 Å².